The number of hydrogen-bond acceptors (Lipinski definition) is 3. The van der Waals surface area contributed by atoms with Crippen LogP contribution in [0.4, 0.5) is 0 Å². The van der Waals surface area contributed by atoms with E-state index in [0.717, 1.165) is 12.0 Å². The van der Waals surface area contributed by atoms with Gasteiger partial charge in [0.1, 0.15) is 0 Å². The van der Waals surface area contributed by atoms with Gasteiger partial charge in [-0.2, -0.15) is 11.8 Å². The molecule has 0 amide bonds. The van der Waals surface area contributed by atoms with Crippen molar-refractivity contribution in [3.05, 3.63) is 18.2 Å². The van der Waals surface area contributed by atoms with E-state index < -0.39 is 0 Å². The van der Waals surface area contributed by atoms with Crippen LogP contribution in [-0.4, -0.2) is 27.3 Å². The Kier molecular flexibility index (Phi) is 2.68. The van der Waals surface area contributed by atoms with Crippen molar-refractivity contribution in [3.63, 3.8) is 0 Å². The van der Waals surface area contributed by atoms with Gasteiger partial charge in [0.2, 0.25) is 0 Å². The molecule has 4 heteroatoms. The summed E-state index contributed by atoms with van der Waals surface area (Å²) < 4.78 is 2.00. The maximum atomic E-state index is 10.6. The lowest BCUT2D eigenvalue weighted by molar-refractivity contribution is 0.110. The molecule has 1 aromatic heterocycles. The first kappa shape index (κ1) is 8.81. The van der Waals surface area contributed by atoms with Crippen molar-refractivity contribution in [1.29, 1.82) is 0 Å². The smallest absolute Gasteiger partial charge is 0.185 e. The molecule has 2 rings (SSSR count). The lowest BCUT2D eigenvalue weighted by Gasteiger charge is -2.23. The highest BCUT2D eigenvalue weighted by molar-refractivity contribution is 7.99. The summed E-state index contributed by atoms with van der Waals surface area (Å²) in [4.78, 5) is 14.6. The van der Waals surface area contributed by atoms with Gasteiger partial charge in [0, 0.05) is 24.2 Å². The average molecular weight is 196 g/mol. The first-order chi connectivity index (χ1) is 6.42. The second kappa shape index (κ2) is 3.96. The molecule has 1 aliphatic heterocycles. The quantitative estimate of drug-likeness (QED) is 0.676. The van der Waals surface area contributed by atoms with Crippen molar-refractivity contribution in [1.82, 2.24) is 9.55 Å². The lowest BCUT2D eigenvalue weighted by Crippen LogP contribution is -2.17. The summed E-state index contributed by atoms with van der Waals surface area (Å²) in [6.45, 7) is 0. The predicted octanol–water partition coefficient (Wildman–Crippen LogP) is 1.76. The number of thioether (sulfide) groups is 1. The molecule has 0 N–H and O–H groups in total. The van der Waals surface area contributed by atoms with E-state index in [4.69, 9.17) is 0 Å². The molecule has 3 nitrogen and oxygen atoms in total. The summed E-state index contributed by atoms with van der Waals surface area (Å²) in [7, 11) is 0. The Hall–Kier alpha value is -0.770. The van der Waals surface area contributed by atoms with Crippen LogP contribution in [-0.2, 0) is 0 Å². The number of rotatable bonds is 2. The SMILES string of the molecule is O=Cc1nccn1C1CCCSC1. The predicted molar refractivity (Wildman–Crippen MR) is 53.2 cm³/mol. The van der Waals surface area contributed by atoms with Crippen LogP contribution >= 0.6 is 11.8 Å². The molecule has 0 aliphatic carbocycles. The van der Waals surface area contributed by atoms with Crippen LogP contribution in [0.3, 0.4) is 0 Å². The number of aromatic nitrogens is 2. The molecule has 1 fully saturated rings. The summed E-state index contributed by atoms with van der Waals surface area (Å²) in [5, 5.41) is 0. The third-order valence-electron chi connectivity index (χ3n) is 2.33. The van der Waals surface area contributed by atoms with E-state index in [1.165, 1.54) is 18.6 Å². The molecule has 0 aromatic carbocycles. The maximum absolute atomic E-state index is 10.6. The third-order valence-corrected chi connectivity index (χ3v) is 3.53. The number of nitrogens with zero attached hydrogens (tertiary/aromatic N) is 2. The zero-order valence-electron chi connectivity index (χ0n) is 7.35. The second-order valence-electron chi connectivity index (χ2n) is 3.18. The monoisotopic (exact) mass is 196 g/mol. The molecule has 1 atom stereocenters. The topological polar surface area (TPSA) is 34.9 Å². The Morgan fingerprint density at radius 1 is 1.69 bits per heavy atom. The number of imidazole rings is 1. The number of carbonyl (C=O) groups is 1. The van der Waals surface area contributed by atoms with E-state index in [1.54, 1.807) is 6.20 Å². The Morgan fingerprint density at radius 3 is 3.31 bits per heavy atom. The molecule has 70 valence electrons. The van der Waals surface area contributed by atoms with Crippen LogP contribution in [0, 0.1) is 0 Å². The van der Waals surface area contributed by atoms with Crippen LogP contribution in [0.1, 0.15) is 29.5 Å². The molecule has 13 heavy (non-hydrogen) atoms. The van der Waals surface area contributed by atoms with Gasteiger partial charge < -0.3 is 4.57 Å². The molecule has 0 saturated carbocycles. The van der Waals surface area contributed by atoms with Gasteiger partial charge in [0.15, 0.2) is 12.1 Å². The minimum absolute atomic E-state index is 0.474. The molecule has 1 aliphatic rings. The van der Waals surface area contributed by atoms with E-state index in [0.29, 0.717) is 11.9 Å². The lowest BCUT2D eigenvalue weighted by atomic mass is 10.2. The van der Waals surface area contributed by atoms with Gasteiger partial charge >= 0.3 is 0 Å². The highest BCUT2D eigenvalue weighted by Crippen LogP contribution is 2.27. The van der Waals surface area contributed by atoms with Gasteiger partial charge in [-0.1, -0.05) is 0 Å². The standard InChI is InChI=1S/C9H12N2OS/c12-6-9-10-3-4-11(9)8-2-1-5-13-7-8/h3-4,6,8H,1-2,5,7H2. The van der Waals surface area contributed by atoms with Gasteiger partial charge in [-0.25, -0.2) is 4.98 Å². The molecule has 1 aromatic rings. The summed E-state index contributed by atoms with van der Waals surface area (Å²) in [5.74, 6) is 2.92. The second-order valence-corrected chi connectivity index (χ2v) is 4.33. The largest absolute Gasteiger partial charge is 0.325 e. The van der Waals surface area contributed by atoms with E-state index in [-0.39, 0.29) is 0 Å². The number of aldehydes is 1. The molecule has 0 spiro atoms. The maximum Gasteiger partial charge on any atom is 0.185 e. The van der Waals surface area contributed by atoms with Gasteiger partial charge in [-0.05, 0) is 18.6 Å². The minimum Gasteiger partial charge on any atom is -0.325 e. The average Bonchev–Trinajstić information content (AvgIpc) is 2.67. The fourth-order valence-electron chi connectivity index (χ4n) is 1.67. The molecule has 0 bridgehead atoms. The van der Waals surface area contributed by atoms with Crippen molar-refractivity contribution in [2.45, 2.75) is 18.9 Å². The summed E-state index contributed by atoms with van der Waals surface area (Å²) in [6.07, 6.45) is 6.85. The zero-order chi connectivity index (χ0) is 9.10. The van der Waals surface area contributed by atoms with Gasteiger partial charge in [0.25, 0.3) is 0 Å². The van der Waals surface area contributed by atoms with Crippen molar-refractivity contribution in [2.24, 2.45) is 0 Å². The van der Waals surface area contributed by atoms with Gasteiger partial charge in [0.05, 0.1) is 0 Å². The first-order valence-electron chi connectivity index (χ1n) is 4.47. The first-order valence-corrected chi connectivity index (χ1v) is 5.63. The van der Waals surface area contributed by atoms with E-state index in [9.17, 15) is 4.79 Å². The molecule has 2 heterocycles. The summed E-state index contributed by atoms with van der Waals surface area (Å²) in [6, 6.07) is 0.474. The zero-order valence-corrected chi connectivity index (χ0v) is 8.17. The summed E-state index contributed by atoms with van der Waals surface area (Å²) >= 11 is 1.96. The highest BCUT2D eigenvalue weighted by atomic mass is 32.2. The molecule has 0 radical (unpaired) electrons. The van der Waals surface area contributed by atoms with E-state index in [2.05, 4.69) is 4.98 Å². The van der Waals surface area contributed by atoms with Crippen molar-refractivity contribution >= 4 is 18.0 Å². The van der Waals surface area contributed by atoms with Crippen LogP contribution < -0.4 is 0 Å². The van der Waals surface area contributed by atoms with Crippen molar-refractivity contribution in [3.8, 4) is 0 Å². The Balaban J connectivity index is 2.17. The highest BCUT2D eigenvalue weighted by Gasteiger charge is 2.17. The van der Waals surface area contributed by atoms with Crippen LogP contribution in [0.5, 0.6) is 0 Å². The molecule has 1 unspecified atom stereocenters. The fraction of sp³-hybridized carbons (Fsp3) is 0.556. The van der Waals surface area contributed by atoms with Gasteiger partial charge in [-0.3, -0.25) is 4.79 Å². The Bertz CT molecular complexity index is 292. The number of carbonyl (C=O) groups excluding carboxylic acids is 1. The number of hydrogen-bond donors (Lipinski definition) is 0. The third kappa shape index (κ3) is 1.77. The normalized spacial score (nSPS) is 22.9. The minimum atomic E-state index is 0.474. The van der Waals surface area contributed by atoms with E-state index >= 15 is 0 Å². The van der Waals surface area contributed by atoms with Gasteiger partial charge in [-0.15, -0.1) is 0 Å². The van der Waals surface area contributed by atoms with Crippen molar-refractivity contribution in [2.75, 3.05) is 11.5 Å². The molecular formula is C9H12N2OS. The van der Waals surface area contributed by atoms with Crippen LogP contribution in [0.2, 0.25) is 0 Å². The van der Waals surface area contributed by atoms with E-state index in [1.807, 2.05) is 22.5 Å². The Morgan fingerprint density at radius 2 is 2.62 bits per heavy atom. The Labute approximate surface area is 81.5 Å². The molecule has 1 saturated heterocycles. The fourth-order valence-corrected chi connectivity index (χ4v) is 2.80. The van der Waals surface area contributed by atoms with Crippen molar-refractivity contribution < 1.29 is 4.79 Å². The molecular weight excluding hydrogens is 184 g/mol. The summed E-state index contributed by atoms with van der Waals surface area (Å²) in [5.41, 5.74) is 0. The van der Waals surface area contributed by atoms with Crippen LogP contribution in [0.15, 0.2) is 12.4 Å². The van der Waals surface area contributed by atoms with Crippen LogP contribution in [0.25, 0.3) is 0 Å².